The number of nitrogens with one attached hydrogen (secondary N) is 1. The molecule has 8 heteroatoms. The Morgan fingerprint density at radius 1 is 1.15 bits per heavy atom. The van der Waals surface area contributed by atoms with Gasteiger partial charge in [0.2, 0.25) is 0 Å². The maximum atomic E-state index is 12.6. The summed E-state index contributed by atoms with van der Waals surface area (Å²) in [6.07, 6.45) is 0. The summed E-state index contributed by atoms with van der Waals surface area (Å²) in [6, 6.07) is 7.93. The molecule has 2 aromatic rings. The second kappa shape index (κ2) is 7.13. The number of anilines is 1. The van der Waals surface area contributed by atoms with Crippen LogP contribution in [0.4, 0.5) is 5.82 Å². The number of aromatic nitrogens is 2. The molecule has 136 valence electrons. The predicted molar refractivity (Wildman–Crippen MR) is 99.3 cm³/mol. The summed E-state index contributed by atoms with van der Waals surface area (Å²) in [5.74, 6) is 1.04. The summed E-state index contributed by atoms with van der Waals surface area (Å²) in [5, 5.41) is 7.47. The van der Waals surface area contributed by atoms with E-state index in [-0.39, 0.29) is 0 Å². The first-order chi connectivity index (χ1) is 12.6. The van der Waals surface area contributed by atoms with Gasteiger partial charge in [0.25, 0.3) is 0 Å². The third kappa shape index (κ3) is 3.22. The standard InChI is InChI=1S/C18H20N4O3S/c1-12-2-4-13(5-3-12)22-16(14-10-26-11-15(14)20-22)19-17(23)18(24)21-6-8-25-9-7-21/h2-5H,6-11H2,1H3,(H,19,23). The summed E-state index contributed by atoms with van der Waals surface area (Å²) in [6.45, 7) is 3.83. The van der Waals surface area contributed by atoms with Gasteiger partial charge in [0.1, 0.15) is 5.82 Å². The minimum atomic E-state index is -0.625. The lowest BCUT2D eigenvalue weighted by atomic mass is 10.2. The molecule has 2 amide bonds. The molecule has 2 aliphatic rings. The van der Waals surface area contributed by atoms with Crippen LogP contribution in [0.5, 0.6) is 0 Å². The maximum Gasteiger partial charge on any atom is 0.315 e. The van der Waals surface area contributed by atoms with E-state index >= 15 is 0 Å². The van der Waals surface area contributed by atoms with Gasteiger partial charge >= 0.3 is 11.8 Å². The van der Waals surface area contributed by atoms with Crippen LogP contribution in [-0.2, 0) is 25.8 Å². The largest absolute Gasteiger partial charge is 0.378 e. The second-order valence-electron chi connectivity index (χ2n) is 6.37. The van der Waals surface area contributed by atoms with Crippen molar-refractivity contribution in [1.82, 2.24) is 14.7 Å². The highest BCUT2D eigenvalue weighted by Gasteiger charge is 2.29. The van der Waals surface area contributed by atoms with E-state index < -0.39 is 11.8 Å². The number of aryl methyl sites for hydroxylation is 1. The second-order valence-corrected chi connectivity index (χ2v) is 7.36. The fourth-order valence-electron chi connectivity index (χ4n) is 3.09. The van der Waals surface area contributed by atoms with Crippen molar-refractivity contribution < 1.29 is 14.3 Å². The molecule has 0 unspecified atom stereocenters. The Balaban J connectivity index is 1.62. The lowest BCUT2D eigenvalue weighted by Gasteiger charge is -2.26. The molecule has 1 N–H and O–H groups in total. The van der Waals surface area contributed by atoms with Gasteiger partial charge in [0.05, 0.1) is 24.6 Å². The quantitative estimate of drug-likeness (QED) is 0.813. The van der Waals surface area contributed by atoms with Gasteiger partial charge < -0.3 is 15.0 Å². The SMILES string of the molecule is Cc1ccc(-n2nc3c(c2NC(=O)C(=O)N2CCOCC2)CSC3)cc1. The number of ether oxygens (including phenoxy) is 1. The summed E-state index contributed by atoms with van der Waals surface area (Å²) in [4.78, 5) is 26.5. The van der Waals surface area contributed by atoms with Gasteiger partial charge in [-0.1, -0.05) is 17.7 Å². The number of hydrogen-bond acceptors (Lipinski definition) is 5. The fourth-order valence-corrected chi connectivity index (χ4v) is 4.12. The van der Waals surface area contributed by atoms with Crippen molar-refractivity contribution >= 4 is 29.4 Å². The van der Waals surface area contributed by atoms with Gasteiger partial charge in [0, 0.05) is 30.2 Å². The maximum absolute atomic E-state index is 12.6. The summed E-state index contributed by atoms with van der Waals surface area (Å²) in [5.41, 5.74) is 3.98. The highest BCUT2D eigenvalue weighted by atomic mass is 32.2. The van der Waals surface area contributed by atoms with E-state index in [1.807, 2.05) is 31.2 Å². The van der Waals surface area contributed by atoms with Gasteiger partial charge in [-0.25, -0.2) is 4.68 Å². The van der Waals surface area contributed by atoms with Gasteiger partial charge in [-0.2, -0.15) is 16.9 Å². The Morgan fingerprint density at radius 3 is 2.62 bits per heavy atom. The van der Waals surface area contributed by atoms with Crippen LogP contribution in [0.3, 0.4) is 0 Å². The molecule has 7 nitrogen and oxygen atoms in total. The number of amides is 2. The Hall–Kier alpha value is -2.32. The number of hydrogen-bond donors (Lipinski definition) is 1. The lowest BCUT2D eigenvalue weighted by molar-refractivity contribution is -0.145. The molecule has 26 heavy (non-hydrogen) atoms. The molecule has 1 aromatic carbocycles. The third-order valence-electron chi connectivity index (χ3n) is 4.55. The molecule has 1 saturated heterocycles. The highest BCUT2D eigenvalue weighted by molar-refractivity contribution is 7.98. The molecule has 0 aliphatic carbocycles. The average Bonchev–Trinajstić information content (AvgIpc) is 3.25. The van der Waals surface area contributed by atoms with Crippen molar-refractivity contribution in [2.45, 2.75) is 18.4 Å². The number of morpholine rings is 1. The van der Waals surface area contributed by atoms with Crippen LogP contribution in [0, 0.1) is 6.92 Å². The third-order valence-corrected chi connectivity index (χ3v) is 5.53. The zero-order valence-electron chi connectivity index (χ0n) is 14.5. The van der Waals surface area contributed by atoms with E-state index in [2.05, 4.69) is 10.4 Å². The van der Waals surface area contributed by atoms with Gasteiger partial charge in [-0.05, 0) is 19.1 Å². The summed E-state index contributed by atoms with van der Waals surface area (Å²) < 4.78 is 6.97. The summed E-state index contributed by atoms with van der Waals surface area (Å²) >= 11 is 1.75. The molecule has 0 bridgehead atoms. The first kappa shape index (κ1) is 17.1. The van der Waals surface area contributed by atoms with Crippen LogP contribution in [-0.4, -0.2) is 52.8 Å². The highest BCUT2D eigenvalue weighted by Crippen LogP contribution is 2.36. The topological polar surface area (TPSA) is 76.5 Å². The van der Waals surface area contributed by atoms with Crippen molar-refractivity contribution in [3.8, 4) is 5.69 Å². The van der Waals surface area contributed by atoms with Crippen LogP contribution in [0.2, 0.25) is 0 Å². The zero-order valence-corrected chi connectivity index (χ0v) is 15.3. The van der Waals surface area contributed by atoms with Crippen LogP contribution in [0.25, 0.3) is 5.69 Å². The van der Waals surface area contributed by atoms with E-state index in [1.54, 1.807) is 16.4 Å². The molecule has 0 spiro atoms. The van der Waals surface area contributed by atoms with E-state index in [0.717, 1.165) is 34.0 Å². The monoisotopic (exact) mass is 372 g/mol. The van der Waals surface area contributed by atoms with Crippen molar-refractivity contribution in [1.29, 1.82) is 0 Å². The molecule has 0 atom stereocenters. The molecule has 1 aromatic heterocycles. The van der Waals surface area contributed by atoms with E-state index in [1.165, 1.54) is 4.90 Å². The van der Waals surface area contributed by atoms with Crippen molar-refractivity contribution in [2.24, 2.45) is 0 Å². The molecule has 3 heterocycles. The van der Waals surface area contributed by atoms with E-state index in [4.69, 9.17) is 4.74 Å². The van der Waals surface area contributed by atoms with Crippen molar-refractivity contribution in [2.75, 3.05) is 31.6 Å². The Morgan fingerprint density at radius 2 is 1.88 bits per heavy atom. The van der Waals surface area contributed by atoms with Crippen LogP contribution in [0.15, 0.2) is 24.3 Å². The number of benzene rings is 1. The minimum absolute atomic E-state index is 0.442. The van der Waals surface area contributed by atoms with Crippen molar-refractivity contribution in [3.63, 3.8) is 0 Å². The Bertz CT molecular complexity index is 841. The van der Waals surface area contributed by atoms with Crippen LogP contribution < -0.4 is 5.32 Å². The van der Waals surface area contributed by atoms with E-state index in [0.29, 0.717) is 32.1 Å². The number of carbonyl (C=O) groups is 2. The average molecular weight is 372 g/mol. The van der Waals surface area contributed by atoms with E-state index in [9.17, 15) is 9.59 Å². The molecular weight excluding hydrogens is 352 g/mol. The molecule has 4 rings (SSSR count). The van der Waals surface area contributed by atoms with Crippen LogP contribution >= 0.6 is 11.8 Å². The first-order valence-electron chi connectivity index (χ1n) is 8.57. The molecule has 0 radical (unpaired) electrons. The predicted octanol–water partition coefficient (Wildman–Crippen LogP) is 1.72. The smallest absolute Gasteiger partial charge is 0.315 e. The number of thioether (sulfide) groups is 1. The lowest BCUT2D eigenvalue weighted by Crippen LogP contribution is -2.46. The number of nitrogens with zero attached hydrogens (tertiary/aromatic N) is 3. The molecule has 2 aliphatic heterocycles. The van der Waals surface area contributed by atoms with Gasteiger partial charge in [-0.15, -0.1) is 0 Å². The fraction of sp³-hybridized carbons (Fsp3) is 0.389. The molecular formula is C18H20N4O3S. The van der Waals surface area contributed by atoms with Crippen molar-refractivity contribution in [3.05, 3.63) is 41.1 Å². The molecule has 1 fully saturated rings. The number of fused-ring (bicyclic) bond motifs is 1. The Kier molecular flexibility index (Phi) is 4.69. The van der Waals surface area contributed by atoms with Gasteiger partial charge in [-0.3, -0.25) is 9.59 Å². The summed E-state index contributed by atoms with van der Waals surface area (Å²) in [7, 11) is 0. The number of carbonyl (C=O) groups excluding carboxylic acids is 2. The number of rotatable bonds is 2. The molecule has 0 saturated carbocycles. The minimum Gasteiger partial charge on any atom is -0.378 e. The Labute approximate surface area is 155 Å². The first-order valence-corrected chi connectivity index (χ1v) is 9.72. The van der Waals surface area contributed by atoms with Crippen LogP contribution in [0.1, 0.15) is 16.8 Å². The zero-order chi connectivity index (χ0) is 18.1. The van der Waals surface area contributed by atoms with Gasteiger partial charge in [0.15, 0.2) is 0 Å². The normalized spacial score (nSPS) is 16.4.